The lowest BCUT2D eigenvalue weighted by Crippen LogP contribution is -2.51. The molecule has 0 bridgehead atoms. The minimum atomic E-state index is -0.348. The lowest BCUT2D eigenvalue weighted by molar-refractivity contribution is 0.179. The number of hydrogen-bond donors (Lipinski definition) is 1. The standard InChI is InChI=1S/C6H5N5O2/c1-10-6(13)11-3-7-4(2-12)5(11)8-9-10/h3,9H,1H3. The van der Waals surface area contributed by atoms with Crippen molar-refractivity contribution in [1.29, 1.82) is 0 Å². The fraction of sp³-hybridized carbons (Fsp3) is 0.167. The highest BCUT2D eigenvalue weighted by atomic mass is 16.2. The third-order valence-corrected chi connectivity index (χ3v) is 1.64. The Morgan fingerprint density at radius 1 is 1.62 bits per heavy atom. The number of nitrogens with zero attached hydrogens (tertiary/aromatic N) is 4. The fourth-order valence-corrected chi connectivity index (χ4v) is 0.988. The highest BCUT2D eigenvalue weighted by molar-refractivity contribution is 5.76. The number of nitrogens with one attached hydrogen (secondary N) is 1. The Kier molecular flexibility index (Phi) is 1.40. The summed E-state index contributed by atoms with van der Waals surface area (Å²) in [6, 6.07) is -0.348. The van der Waals surface area contributed by atoms with Gasteiger partial charge < -0.3 is 0 Å². The largest absolute Gasteiger partial charge is 0.350 e. The highest BCUT2D eigenvalue weighted by Crippen LogP contribution is 1.87. The molecule has 1 aromatic rings. The van der Waals surface area contributed by atoms with Crippen molar-refractivity contribution in [1.82, 2.24) is 20.1 Å². The zero-order valence-electron chi connectivity index (χ0n) is 6.68. The minimum absolute atomic E-state index is 0.0222. The number of hydrogen-bond acceptors (Lipinski definition) is 5. The molecule has 7 heteroatoms. The number of fused-ring (bicyclic) bond motifs is 1. The van der Waals surface area contributed by atoms with Crippen LogP contribution in [0, 0.1) is 0 Å². The van der Waals surface area contributed by atoms with Crippen LogP contribution in [0.2, 0.25) is 0 Å². The van der Waals surface area contributed by atoms with Gasteiger partial charge in [0.1, 0.15) is 6.33 Å². The van der Waals surface area contributed by atoms with Crippen molar-refractivity contribution in [2.24, 2.45) is 5.10 Å². The Hall–Kier alpha value is -2.14. The van der Waals surface area contributed by atoms with E-state index in [1.54, 1.807) is 5.94 Å². The van der Waals surface area contributed by atoms with Crippen LogP contribution in [-0.4, -0.2) is 33.6 Å². The zero-order valence-corrected chi connectivity index (χ0v) is 6.68. The molecular weight excluding hydrogens is 174 g/mol. The molecule has 1 aromatic heterocycles. The summed E-state index contributed by atoms with van der Waals surface area (Å²) in [4.78, 5) is 25.3. The highest BCUT2D eigenvalue weighted by Gasteiger charge is 2.17. The molecule has 1 aliphatic heterocycles. The van der Waals surface area contributed by atoms with E-state index in [1.165, 1.54) is 18.4 Å². The first-order chi connectivity index (χ1) is 6.24. The third kappa shape index (κ3) is 0.911. The first-order valence-corrected chi connectivity index (χ1v) is 3.44. The van der Waals surface area contributed by atoms with Gasteiger partial charge in [0.05, 0.1) is 0 Å². The van der Waals surface area contributed by atoms with E-state index in [-0.39, 0.29) is 16.9 Å². The molecule has 1 N–H and O–H groups in total. The maximum absolute atomic E-state index is 11.3. The van der Waals surface area contributed by atoms with Gasteiger partial charge in [0, 0.05) is 7.05 Å². The predicted octanol–water partition coefficient (Wildman–Crippen LogP) is -2.66. The van der Waals surface area contributed by atoms with Gasteiger partial charge in [-0.05, 0) is 0 Å². The quantitative estimate of drug-likeness (QED) is 0.471. The average molecular weight is 179 g/mol. The number of aromatic nitrogens is 2. The van der Waals surface area contributed by atoms with Crippen LogP contribution in [0.3, 0.4) is 0 Å². The summed E-state index contributed by atoms with van der Waals surface area (Å²) >= 11 is 0. The molecule has 2 rings (SSSR count). The van der Waals surface area contributed by atoms with Gasteiger partial charge in [-0.2, -0.15) is 0 Å². The van der Waals surface area contributed by atoms with Gasteiger partial charge in [0.2, 0.25) is 5.49 Å². The molecule has 0 saturated carbocycles. The molecular formula is C6H5N5O2. The Morgan fingerprint density at radius 2 is 2.38 bits per heavy atom. The Bertz CT molecular complexity index is 498. The summed E-state index contributed by atoms with van der Waals surface area (Å²) in [5.74, 6) is 1.58. The zero-order chi connectivity index (χ0) is 9.42. The van der Waals surface area contributed by atoms with Gasteiger partial charge in [-0.25, -0.2) is 29.7 Å². The number of carbonyl (C=O) groups excluding carboxylic acids is 2. The van der Waals surface area contributed by atoms with Crippen molar-refractivity contribution in [2.75, 3.05) is 7.05 Å². The molecule has 0 saturated heterocycles. The molecule has 0 fully saturated rings. The van der Waals surface area contributed by atoms with E-state index in [0.717, 1.165) is 4.57 Å². The second-order valence-corrected chi connectivity index (χ2v) is 2.44. The Balaban J connectivity index is 2.81. The number of carbonyl (C=O) groups is 1. The van der Waals surface area contributed by atoms with Crippen molar-refractivity contribution in [2.45, 2.75) is 0 Å². The molecule has 7 nitrogen and oxygen atoms in total. The van der Waals surface area contributed by atoms with Crippen LogP contribution in [0.15, 0.2) is 11.4 Å². The molecule has 0 spiro atoms. The van der Waals surface area contributed by atoms with Crippen molar-refractivity contribution >= 4 is 12.0 Å². The number of imidazole rings is 1. The van der Waals surface area contributed by atoms with Crippen LogP contribution < -0.4 is 16.4 Å². The SMILES string of the molecule is CN1NN=c2c(=C=O)ncn2C1=O. The fourth-order valence-electron chi connectivity index (χ4n) is 0.988. The van der Waals surface area contributed by atoms with Crippen LogP contribution >= 0.6 is 0 Å². The summed E-state index contributed by atoms with van der Waals surface area (Å²) in [6.45, 7) is 0. The molecule has 13 heavy (non-hydrogen) atoms. The number of rotatable bonds is 0. The van der Waals surface area contributed by atoms with Gasteiger partial charge in [0.15, 0.2) is 11.3 Å². The minimum Gasteiger partial charge on any atom is -0.246 e. The van der Waals surface area contributed by atoms with Crippen LogP contribution in [0.25, 0.3) is 0 Å². The van der Waals surface area contributed by atoms with E-state index in [9.17, 15) is 9.59 Å². The molecule has 0 aromatic carbocycles. The second kappa shape index (κ2) is 2.43. The van der Waals surface area contributed by atoms with Crippen molar-refractivity contribution < 1.29 is 9.59 Å². The Labute approximate surface area is 71.9 Å². The van der Waals surface area contributed by atoms with Crippen molar-refractivity contribution in [3.63, 3.8) is 0 Å². The van der Waals surface area contributed by atoms with E-state index in [2.05, 4.69) is 15.6 Å². The van der Waals surface area contributed by atoms with Gasteiger partial charge in [0.25, 0.3) is 0 Å². The molecule has 66 valence electrons. The molecule has 1 aliphatic rings. The van der Waals surface area contributed by atoms with Gasteiger partial charge in [-0.1, -0.05) is 0 Å². The normalized spacial score (nSPS) is 14.2. The maximum atomic E-state index is 11.3. The lowest BCUT2D eigenvalue weighted by atomic mass is 10.6. The molecule has 1 amide bonds. The monoisotopic (exact) mass is 179 g/mol. The second-order valence-electron chi connectivity index (χ2n) is 2.44. The van der Waals surface area contributed by atoms with Crippen LogP contribution in [0.5, 0.6) is 0 Å². The van der Waals surface area contributed by atoms with Crippen molar-refractivity contribution in [3.8, 4) is 0 Å². The summed E-state index contributed by atoms with van der Waals surface area (Å²) in [5.41, 5.74) is 2.60. The number of amides is 1. The predicted molar refractivity (Wildman–Crippen MR) is 39.5 cm³/mol. The van der Waals surface area contributed by atoms with E-state index in [1.807, 2.05) is 0 Å². The van der Waals surface area contributed by atoms with Crippen LogP contribution in [0.1, 0.15) is 0 Å². The smallest absolute Gasteiger partial charge is 0.246 e. The van der Waals surface area contributed by atoms with E-state index >= 15 is 0 Å². The summed E-state index contributed by atoms with van der Waals surface area (Å²) < 4.78 is 1.16. The van der Waals surface area contributed by atoms with Crippen LogP contribution in [0.4, 0.5) is 4.79 Å². The van der Waals surface area contributed by atoms with Crippen molar-refractivity contribution in [3.05, 3.63) is 17.2 Å². The topological polar surface area (TPSA) is 79.6 Å². The molecule has 0 atom stereocenters. The first-order valence-electron chi connectivity index (χ1n) is 3.44. The molecule has 0 radical (unpaired) electrons. The first kappa shape index (κ1) is 7.51. The lowest BCUT2D eigenvalue weighted by Gasteiger charge is -2.18. The van der Waals surface area contributed by atoms with E-state index in [0.29, 0.717) is 0 Å². The Morgan fingerprint density at radius 3 is 3.08 bits per heavy atom. The summed E-state index contributed by atoms with van der Waals surface area (Å²) in [7, 11) is 1.51. The summed E-state index contributed by atoms with van der Waals surface area (Å²) in [6.07, 6.45) is 1.23. The van der Waals surface area contributed by atoms with E-state index < -0.39 is 0 Å². The molecule has 2 heterocycles. The maximum Gasteiger partial charge on any atom is 0.350 e. The molecule has 0 aliphatic carbocycles. The van der Waals surface area contributed by atoms with E-state index in [4.69, 9.17) is 0 Å². The third-order valence-electron chi connectivity index (χ3n) is 1.64. The van der Waals surface area contributed by atoms with Gasteiger partial charge in [-0.3, -0.25) is 0 Å². The number of hydrazine groups is 1. The van der Waals surface area contributed by atoms with Gasteiger partial charge >= 0.3 is 6.03 Å². The average Bonchev–Trinajstić information content (AvgIpc) is 2.55. The summed E-state index contributed by atoms with van der Waals surface area (Å²) in [5, 5.41) is 4.94. The van der Waals surface area contributed by atoms with Gasteiger partial charge in [-0.15, -0.1) is 5.10 Å². The molecule has 0 unspecified atom stereocenters. The van der Waals surface area contributed by atoms with Crippen LogP contribution in [-0.2, 0) is 4.79 Å².